The summed E-state index contributed by atoms with van der Waals surface area (Å²) in [6.07, 6.45) is 3.93. The second kappa shape index (κ2) is 5.09. The quantitative estimate of drug-likeness (QED) is 0.738. The van der Waals surface area contributed by atoms with Gasteiger partial charge in [-0.25, -0.2) is 0 Å². The van der Waals surface area contributed by atoms with Gasteiger partial charge in [-0.05, 0) is 19.4 Å². The summed E-state index contributed by atoms with van der Waals surface area (Å²) in [5.41, 5.74) is 5.29. The van der Waals surface area contributed by atoms with E-state index in [1.807, 2.05) is 0 Å². The highest BCUT2D eigenvalue weighted by Crippen LogP contribution is 2.06. The molecule has 0 radical (unpaired) electrons. The molecule has 0 aromatic carbocycles. The molecule has 1 atom stereocenters. The Kier molecular flexibility index (Phi) is 4.05. The summed E-state index contributed by atoms with van der Waals surface area (Å²) in [6.45, 7) is 1.81. The largest absolute Gasteiger partial charge is 0.364 e. The zero-order valence-electron chi connectivity index (χ0n) is 8.22. The predicted octanol–water partition coefficient (Wildman–Crippen LogP) is -0.449. The highest BCUT2D eigenvalue weighted by molar-refractivity contribution is 5.90. The smallest absolute Gasteiger partial charge is 0.270 e. The summed E-state index contributed by atoms with van der Waals surface area (Å²) < 4.78 is 1.66. The zero-order valence-corrected chi connectivity index (χ0v) is 9.04. The number of halogens is 1. The molecule has 0 spiro atoms. The van der Waals surface area contributed by atoms with Crippen LogP contribution in [0.4, 0.5) is 0 Å². The van der Waals surface area contributed by atoms with Crippen LogP contribution in [-0.4, -0.2) is 33.5 Å². The number of primary amides is 1. The number of hydrogen-bond donors (Lipinski definition) is 2. The first-order chi connectivity index (χ1) is 6.75. The number of nitrogens with one attached hydrogen (secondary N) is 1. The van der Waals surface area contributed by atoms with Gasteiger partial charge in [0.25, 0.3) is 5.91 Å². The standard InChI is InChI=1S/C8H13N5O.ClH/c9-8(14)7-5-13(12-11-7)4-6-2-1-3-10-6;/h5-6,10H,1-4H2,(H2,9,14);1H. The van der Waals surface area contributed by atoms with E-state index in [0.29, 0.717) is 6.04 Å². The van der Waals surface area contributed by atoms with E-state index in [4.69, 9.17) is 5.73 Å². The van der Waals surface area contributed by atoms with Crippen LogP contribution in [0.15, 0.2) is 6.20 Å². The Morgan fingerprint density at radius 2 is 2.53 bits per heavy atom. The molecule has 0 saturated carbocycles. The van der Waals surface area contributed by atoms with Crippen LogP contribution < -0.4 is 11.1 Å². The maximum absolute atomic E-state index is 10.7. The Balaban J connectivity index is 0.00000112. The first-order valence-corrected chi connectivity index (χ1v) is 4.69. The van der Waals surface area contributed by atoms with Gasteiger partial charge in [0.15, 0.2) is 5.69 Å². The summed E-state index contributed by atoms with van der Waals surface area (Å²) >= 11 is 0. The van der Waals surface area contributed by atoms with E-state index >= 15 is 0 Å². The van der Waals surface area contributed by atoms with Crippen LogP contribution >= 0.6 is 12.4 Å². The van der Waals surface area contributed by atoms with Gasteiger partial charge in [-0.2, -0.15) is 0 Å². The van der Waals surface area contributed by atoms with Crippen LogP contribution in [-0.2, 0) is 6.54 Å². The maximum Gasteiger partial charge on any atom is 0.270 e. The molecule has 1 saturated heterocycles. The van der Waals surface area contributed by atoms with E-state index in [1.54, 1.807) is 10.9 Å². The van der Waals surface area contributed by atoms with Gasteiger partial charge in [0.1, 0.15) is 0 Å². The maximum atomic E-state index is 10.7. The van der Waals surface area contributed by atoms with Crippen molar-refractivity contribution in [2.45, 2.75) is 25.4 Å². The molecule has 0 aliphatic carbocycles. The number of nitrogens with zero attached hydrogens (tertiary/aromatic N) is 3. The van der Waals surface area contributed by atoms with Crippen LogP contribution in [0.1, 0.15) is 23.3 Å². The minimum Gasteiger partial charge on any atom is -0.364 e. The third kappa shape index (κ3) is 2.90. The summed E-state index contributed by atoms with van der Waals surface area (Å²) in [7, 11) is 0. The molecule has 1 unspecified atom stereocenters. The summed E-state index contributed by atoms with van der Waals surface area (Å²) in [5, 5.41) is 10.8. The fourth-order valence-corrected chi connectivity index (χ4v) is 1.64. The highest BCUT2D eigenvalue weighted by Gasteiger charge is 2.15. The lowest BCUT2D eigenvalue weighted by Gasteiger charge is -2.08. The predicted molar refractivity (Wildman–Crippen MR) is 56.8 cm³/mol. The van der Waals surface area contributed by atoms with Crippen molar-refractivity contribution < 1.29 is 4.79 Å². The minimum atomic E-state index is -0.532. The first-order valence-electron chi connectivity index (χ1n) is 4.69. The number of carbonyl (C=O) groups is 1. The Bertz CT molecular complexity index is 334. The second-order valence-electron chi connectivity index (χ2n) is 3.48. The lowest BCUT2D eigenvalue weighted by Crippen LogP contribution is -2.26. The van der Waals surface area contributed by atoms with Crippen LogP contribution in [0, 0.1) is 0 Å². The molecule has 2 heterocycles. The van der Waals surface area contributed by atoms with Gasteiger partial charge >= 0.3 is 0 Å². The molecule has 7 heteroatoms. The van der Waals surface area contributed by atoms with E-state index in [0.717, 1.165) is 19.5 Å². The van der Waals surface area contributed by atoms with Crippen molar-refractivity contribution in [2.75, 3.05) is 6.54 Å². The first kappa shape index (κ1) is 11.9. The van der Waals surface area contributed by atoms with Gasteiger partial charge in [0.2, 0.25) is 0 Å². The highest BCUT2D eigenvalue weighted by atomic mass is 35.5. The van der Waals surface area contributed by atoms with Gasteiger partial charge in [0, 0.05) is 6.04 Å². The van der Waals surface area contributed by atoms with Crippen molar-refractivity contribution in [3.8, 4) is 0 Å². The third-order valence-electron chi connectivity index (χ3n) is 2.36. The van der Waals surface area contributed by atoms with Crippen molar-refractivity contribution in [2.24, 2.45) is 5.73 Å². The molecule has 1 aromatic rings. The molecule has 1 fully saturated rings. The van der Waals surface area contributed by atoms with E-state index in [1.165, 1.54) is 6.42 Å². The van der Waals surface area contributed by atoms with Crippen LogP contribution in [0.5, 0.6) is 0 Å². The second-order valence-corrected chi connectivity index (χ2v) is 3.48. The number of amides is 1. The topological polar surface area (TPSA) is 85.8 Å². The molecule has 3 N–H and O–H groups in total. The molecule has 15 heavy (non-hydrogen) atoms. The number of hydrogen-bond acceptors (Lipinski definition) is 4. The van der Waals surface area contributed by atoms with Crippen molar-refractivity contribution in [1.82, 2.24) is 20.3 Å². The molecule has 1 aliphatic rings. The van der Waals surface area contributed by atoms with Gasteiger partial charge in [-0.15, -0.1) is 17.5 Å². The third-order valence-corrected chi connectivity index (χ3v) is 2.36. The lowest BCUT2D eigenvalue weighted by molar-refractivity contribution is 0.0995. The van der Waals surface area contributed by atoms with E-state index in [9.17, 15) is 4.79 Å². The summed E-state index contributed by atoms with van der Waals surface area (Å²) in [5.74, 6) is -0.532. The Hall–Kier alpha value is -1.14. The molecule has 2 rings (SSSR count). The van der Waals surface area contributed by atoms with Gasteiger partial charge in [-0.3, -0.25) is 9.48 Å². The fourth-order valence-electron chi connectivity index (χ4n) is 1.64. The van der Waals surface area contributed by atoms with E-state index in [2.05, 4.69) is 15.6 Å². The monoisotopic (exact) mass is 231 g/mol. The van der Waals surface area contributed by atoms with Crippen molar-refractivity contribution >= 4 is 18.3 Å². The van der Waals surface area contributed by atoms with Crippen LogP contribution in [0.2, 0.25) is 0 Å². The average Bonchev–Trinajstić information content (AvgIpc) is 2.75. The summed E-state index contributed by atoms with van der Waals surface area (Å²) in [6, 6.07) is 0.442. The molecular weight excluding hydrogens is 218 g/mol. The molecular formula is C8H14ClN5O. The van der Waals surface area contributed by atoms with Crippen molar-refractivity contribution in [3.05, 3.63) is 11.9 Å². The molecule has 1 aromatic heterocycles. The number of carbonyl (C=O) groups excluding carboxylic acids is 1. The number of rotatable bonds is 3. The molecule has 84 valence electrons. The van der Waals surface area contributed by atoms with Crippen LogP contribution in [0.25, 0.3) is 0 Å². The normalized spacial score (nSPS) is 19.9. The Morgan fingerprint density at radius 1 is 1.73 bits per heavy atom. The molecule has 1 aliphatic heterocycles. The minimum absolute atomic E-state index is 0. The lowest BCUT2D eigenvalue weighted by atomic mass is 10.2. The van der Waals surface area contributed by atoms with E-state index < -0.39 is 5.91 Å². The van der Waals surface area contributed by atoms with Crippen LogP contribution in [0.3, 0.4) is 0 Å². The van der Waals surface area contributed by atoms with E-state index in [-0.39, 0.29) is 18.1 Å². The van der Waals surface area contributed by atoms with Crippen molar-refractivity contribution in [3.63, 3.8) is 0 Å². The molecule has 0 bridgehead atoms. The zero-order chi connectivity index (χ0) is 9.97. The number of nitrogens with two attached hydrogens (primary N) is 1. The Morgan fingerprint density at radius 3 is 3.07 bits per heavy atom. The number of aromatic nitrogens is 3. The molecule has 1 amide bonds. The molecule has 6 nitrogen and oxygen atoms in total. The van der Waals surface area contributed by atoms with Gasteiger partial charge in [0.05, 0.1) is 12.7 Å². The SMILES string of the molecule is Cl.NC(=O)c1cn(CC2CCCN2)nn1. The van der Waals surface area contributed by atoms with Gasteiger partial charge in [-0.1, -0.05) is 5.21 Å². The van der Waals surface area contributed by atoms with Crippen molar-refractivity contribution in [1.29, 1.82) is 0 Å². The summed E-state index contributed by atoms with van der Waals surface area (Å²) in [4.78, 5) is 10.7. The van der Waals surface area contributed by atoms with Gasteiger partial charge < -0.3 is 11.1 Å². The fraction of sp³-hybridized carbons (Fsp3) is 0.625. The Labute approximate surface area is 93.6 Å². The average molecular weight is 232 g/mol.